The van der Waals surface area contributed by atoms with Crippen LogP contribution in [-0.2, 0) is 4.79 Å². The first-order valence-electron chi connectivity index (χ1n) is 6.08. The van der Waals surface area contributed by atoms with Crippen molar-refractivity contribution in [3.05, 3.63) is 35.4 Å². The summed E-state index contributed by atoms with van der Waals surface area (Å²) in [6, 6.07) is 8.58. The van der Waals surface area contributed by atoms with Crippen LogP contribution >= 0.6 is 0 Å². The van der Waals surface area contributed by atoms with E-state index in [1.807, 2.05) is 14.0 Å². The molecule has 17 heavy (non-hydrogen) atoms. The number of carbonyl (C=O) groups is 1. The lowest BCUT2D eigenvalue weighted by molar-refractivity contribution is -0.128. The molecule has 1 aromatic rings. The van der Waals surface area contributed by atoms with Crippen molar-refractivity contribution in [3.63, 3.8) is 0 Å². The van der Waals surface area contributed by atoms with Crippen molar-refractivity contribution < 1.29 is 4.79 Å². The van der Waals surface area contributed by atoms with Gasteiger partial charge in [-0.25, -0.2) is 0 Å². The zero-order valence-corrected chi connectivity index (χ0v) is 11.2. The van der Waals surface area contributed by atoms with Gasteiger partial charge >= 0.3 is 0 Å². The molecule has 0 aliphatic rings. The molecular formula is C14H22N2O. The van der Waals surface area contributed by atoms with Crippen molar-refractivity contribution in [1.29, 1.82) is 0 Å². The van der Waals surface area contributed by atoms with Gasteiger partial charge in [-0.3, -0.25) is 4.79 Å². The van der Waals surface area contributed by atoms with Crippen molar-refractivity contribution in [2.75, 3.05) is 20.1 Å². The van der Waals surface area contributed by atoms with Crippen molar-refractivity contribution >= 4 is 5.91 Å². The molecule has 0 spiro atoms. The van der Waals surface area contributed by atoms with Gasteiger partial charge in [-0.2, -0.15) is 0 Å². The molecule has 0 heterocycles. The number of nitrogens with one attached hydrogen (secondary N) is 1. The van der Waals surface area contributed by atoms with Gasteiger partial charge < -0.3 is 10.2 Å². The lowest BCUT2D eigenvalue weighted by Gasteiger charge is -2.18. The van der Waals surface area contributed by atoms with E-state index in [9.17, 15) is 4.79 Å². The Hall–Kier alpha value is -1.35. The Kier molecular flexibility index (Phi) is 5.16. The van der Waals surface area contributed by atoms with Crippen LogP contribution in [0, 0.1) is 6.92 Å². The van der Waals surface area contributed by atoms with E-state index in [0.29, 0.717) is 6.54 Å². The van der Waals surface area contributed by atoms with Gasteiger partial charge in [-0.05, 0) is 26.3 Å². The summed E-state index contributed by atoms with van der Waals surface area (Å²) in [5.74, 6) is 0.131. The van der Waals surface area contributed by atoms with Crippen LogP contribution in [0.2, 0.25) is 0 Å². The van der Waals surface area contributed by atoms with Crippen LogP contribution in [0.15, 0.2) is 24.3 Å². The van der Waals surface area contributed by atoms with E-state index in [4.69, 9.17) is 0 Å². The molecule has 1 rings (SSSR count). The summed E-state index contributed by atoms with van der Waals surface area (Å²) in [5, 5.41) is 3.24. The largest absolute Gasteiger partial charge is 0.345 e. The number of aryl methyl sites for hydroxylation is 1. The highest BCUT2D eigenvalue weighted by Gasteiger charge is 2.09. The zero-order valence-electron chi connectivity index (χ0n) is 11.2. The van der Waals surface area contributed by atoms with Crippen molar-refractivity contribution in [3.8, 4) is 0 Å². The van der Waals surface area contributed by atoms with Crippen LogP contribution in [0.5, 0.6) is 0 Å². The first-order valence-corrected chi connectivity index (χ1v) is 6.08. The Morgan fingerprint density at radius 1 is 1.35 bits per heavy atom. The fourth-order valence-corrected chi connectivity index (χ4v) is 1.52. The number of likely N-dealkylation sites (N-methyl/N-ethyl adjacent to an activating group) is 1. The molecule has 94 valence electrons. The lowest BCUT2D eigenvalue weighted by atomic mass is 10.1. The van der Waals surface area contributed by atoms with Crippen LogP contribution in [-0.4, -0.2) is 30.9 Å². The van der Waals surface area contributed by atoms with Crippen LogP contribution in [0.25, 0.3) is 0 Å². The SMILES string of the molecule is CCN(C)C(=O)CN[C@@H](C)c1ccc(C)cc1. The second-order valence-electron chi connectivity index (χ2n) is 4.42. The number of hydrogen-bond acceptors (Lipinski definition) is 2. The van der Waals surface area contributed by atoms with Gasteiger partial charge in [0.15, 0.2) is 0 Å². The highest BCUT2D eigenvalue weighted by molar-refractivity contribution is 5.77. The average Bonchev–Trinajstić information content (AvgIpc) is 2.35. The number of carbonyl (C=O) groups excluding carboxylic acids is 1. The van der Waals surface area contributed by atoms with Gasteiger partial charge in [0.2, 0.25) is 5.91 Å². The maximum Gasteiger partial charge on any atom is 0.236 e. The molecule has 3 heteroatoms. The van der Waals surface area contributed by atoms with Crippen LogP contribution in [0.1, 0.15) is 31.0 Å². The third-order valence-corrected chi connectivity index (χ3v) is 3.04. The number of amides is 1. The van der Waals surface area contributed by atoms with E-state index >= 15 is 0 Å². The number of nitrogens with zero attached hydrogens (tertiary/aromatic N) is 1. The van der Waals surface area contributed by atoms with Gasteiger partial charge in [0.05, 0.1) is 6.54 Å². The van der Waals surface area contributed by atoms with E-state index in [1.165, 1.54) is 11.1 Å². The first kappa shape index (κ1) is 13.7. The minimum atomic E-state index is 0.131. The Bertz CT molecular complexity index is 359. The van der Waals surface area contributed by atoms with Gasteiger partial charge in [-0.15, -0.1) is 0 Å². The molecular weight excluding hydrogens is 212 g/mol. The van der Waals surface area contributed by atoms with E-state index in [-0.39, 0.29) is 11.9 Å². The number of benzene rings is 1. The molecule has 0 aliphatic carbocycles. The second-order valence-corrected chi connectivity index (χ2v) is 4.42. The standard InChI is InChI=1S/C14H22N2O/c1-5-16(4)14(17)10-15-12(3)13-8-6-11(2)7-9-13/h6-9,12,15H,5,10H2,1-4H3/t12-/m0/s1. The normalized spacial score (nSPS) is 12.2. The molecule has 1 atom stereocenters. The van der Waals surface area contributed by atoms with Crippen LogP contribution in [0.3, 0.4) is 0 Å². The third kappa shape index (κ3) is 4.19. The Morgan fingerprint density at radius 3 is 2.47 bits per heavy atom. The third-order valence-electron chi connectivity index (χ3n) is 3.04. The Balaban J connectivity index is 2.47. The quantitative estimate of drug-likeness (QED) is 0.846. The maximum atomic E-state index is 11.6. The van der Waals surface area contributed by atoms with E-state index in [0.717, 1.165) is 6.54 Å². The first-order chi connectivity index (χ1) is 8.04. The molecule has 0 bridgehead atoms. The second kappa shape index (κ2) is 6.40. The summed E-state index contributed by atoms with van der Waals surface area (Å²) in [5.41, 5.74) is 2.46. The molecule has 1 N–H and O–H groups in total. The maximum absolute atomic E-state index is 11.6. The summed E-state index contributed by atoms with van der Waals surface area (Å²) in [7, 11) is 1.82. The Morgan fingerprint density at radius 2 is 1.94 bits per heavy atom. The zero-order chi connectivity index (χ0) is 12.8. The fourth-order valence-electron chi connectivity index (χ4n) is 1.52. The summed E-state index contributed by atoms with van der Waals surface area (Å²) in [4.78, 5) is 13.3. The minimum Gasteiger partial charge on any atom is -0.345 e. The molecule has 3 nitrogen and oxygen atoms in total. The van der Waals surface area contributed by atoms with Gasteiger partial charge in [0.25, 0.3) is 0 Å². The van der Waals surface area contributed by atoms with Crippen LogP contribution in [0.4, 0.5) is 0 Å². The number of rotatable bonds is 5. The lowest BCUT2D eigenvalue weighted by Crippen LogP contribution is -2.36. The summed E-state index contributed by atoms with van der Waals surface area (Å²) >= 11 is 0. The van der Waals surface area contributed by atoms with Gasteiger partial charge in [0.1, 0.15) is 0 Å². The fraction of sp³-hybridized carbons (Fsp3) is 0.500. The topological polar surface area (TPSA) is 32.3 Å². The highest BCUT2D eigenvalue weighted by atomic mass is 16.2. The molecule has 1 aromatic carbocycles. The molecule has 0 fully saturated rings. The van der Waals surface area contributed by atoms with E-state index in [1.54, 1.807) is 4.90 Å². The van der Waals surface area contributed by atoms with E-state index < -0.39 is 0 Å². The van der Waals surface area contributed by atoms with Crippen molar-refractivity contribution in [1.82, 2.24) is 10.2 Å². The molecule has 0 saturated heterocycles. The Labute approximate surface area is 104 Å². The minimum absolute atomic E-state index is 0.131. The van der Waals surface area contributed by atoms with Crippen molar-refractivity contribution in [2.45, 2.75) is 26.8 Å². The molecule has 0 radical (unpaired) electrons. The molecule has 0 saturated carbocycles. The smallest absolute Gasteiger partial charge is 0.236 e. The number of hydrogen-bond donors (Lipinski definition) is 1. The predicted molar refractivity (Wildman–Crippen MR) is 70.9 cm³/mol. The monoisotopic (exact) mass is 234 g/mol. The van der Waals surface area contributed by atoms with Gasteiger partial charge in [-0.1, -0.05) is 29.8 Å². The summed E-state index contributed by atoms with van der Waals surface area (Å²) < 4.78 is 0. The molecule has 1 amide bonds. The highest BCUT2D eigenvalue weighted by Crippen LogP contribution is 2.12. The molecule has 0 unspecified atom stereocenters. The summed E-state index contributed by atoms with van der Waals surface area (Å²) in [6.45, 7) is 7.26. The van der Waals surface area contributed by atoms with E-state index in [2.05, 4.69) is 43.4 Å². The summed E-state index contributed by atoms with van der Waals surface area (Å²) in [6.07, 6.45) is 0. The van der Waals surface area contributed by atoms with Crippen LogP contribution < -0.4 is 5.32 Å². The molecule has 0 aliphatic heterocycles. The van der Waals surface area contributed by atoms with Crippen molar-refractivity contribution in [2.24, 2.45) is 0 Å². The van der Waals surface area contributed by atoms with Gasteiger partial charge in [0, 0.05) is 19.6 Å². The molecule has 0 aromatic heterocycles. The predicted octanol–water partition coefficient (Wildman–Crippen LogP) is 2.12. The average molecular weight is 234 g/mol.